The van der Waals surface area contributed by atoms with E-state index in [0.717, 1.165) is 0 Å². The Kier molecular flexibility index (Phi) is 5.90. The molecular formula is C18H18F3NO3. The van der Waals surface area contributed by atoms with Crippen molar-refractivity contribution in [1.29, 1.82) is 0 Å². The van der Waals surface area contributed by atoms with Gasteiger partial charge in [-0.05, 0) is 23.8 Å². The highest BCUT2D eigenvalue weighted by atomic mass is 19.4. The summed E-state index contributed by atoms with van der Waals surface area (Å²) in [5.41, 5.74) is 0.411. The molecule has 134 valence electrons. The number of methoxy groups -OCH3 is 2. The molecule has 0 radical (unpaired) electrons. The lowest BCUT2D eigenvalue weighted by molar-refractivity contribution is -0.163. The van der Waals surface area contributed by atoms with Crippen molar-refractivity contribution in [1.82, 2.24) is 5.32 Å². The highest BCUT2D eigenvalue weighted by Crippen LogP contribution is 2.33. The summed E-state index contributed by atoms with van der Waals surface area (Å²) in [6.07, 6.45) is -4.87. The van der Waals surface area contributed by atoms with Gasteiger partial charge in [0, 0.05) is 5.56 Å². The van der Waals surface area contributed by atoms with Crippen LogP contribution >= 0.6 is 0 Å². The van der Waals surface area contributed by atoms with Crippen LogP contribution in [0.2, 0.25) is 0 Å². The SMILES string of the molecule is COc1ccc(OC)c(CC(=O)NC(c2ccccc2)C(F)(F)F)c1. The summed E-state index contributed by atoms with van der Waals surface area (Å²) < 4.78 is 50.1. The van der Waals surface area contributed by atoms with Crippen molar-refractivity contribution < 1.29 is 27.4 Å². The second-order valence-electron chi connectivity index (χ2n) is 5.31. The number of hydrogen-bond donors (Lipinski definition) is 1. The Labute approximate surface area is 143 Å². The number of ether oxygens (including phenoxy) is 2. The number of carbonyl (C=O) groups is 1. The zero-order valence-corrected chi connectivity index (χ0v) is 13.8. The maximum absolute atomic E-state index is 13.3. The number of nitrogens with one attached hydrogen (secondary N) is 1. The molecule has 0 aliphatic rings. The highest BCUT2D eigenvalue weighted by molar-refractivity contribution is 5.80. The molecule has 0 bridgehead atoms. The Morgan fingerprint density at radius 2 is 1.76 bits per heavy atom. The zero-order valence-electron chi connectivity index (χ0n) is 13.8. The summed E-state index contributed by atoms with van der Waals surface area (Å²) in [6.45, 7) is 0. The van der Waals surface area contributed by atoms with E-state index in [1.54, 1.807) is 24.3 Å². The molecule has 4 nitrogen and oxygen atoms in total. The summed E-state index contributed by atoms with van der Waals surface area (Å²) in [5.74, 6) is 0.121. The molecule has 7 heteroatoms. The Morgan fingerprint density at radius 1 is 1.08 bits per heavy atom. The molecule has 0 aliphatic carbocycles. The van der Waals surface area contributed by atoms with Crippen molar-refractivity contribution in [3.8, 4) is 11.5 Å². The molecule has 0 aliphatic heterocycles. The van der Waals surface area contributed by atoms with Crippen LogP contribution in [0.5, 0.6) is 11.5 Å². The van der Waals surface area contributed by atoms with Crippen LogP contribution in [0.15, 0.2) is 48.5 Å². The van der Waals surface area contributed by atoms with Gasteiger partial charge in [0.1, 0.15) is 11.5 Å². The lowest BCUT2D eigenvalue weighted by atomic mass is 10.1. The van der Waals surface area contributed by atoms with Gasteiger partial charge < -0.3 is 14.8 Å². The van der Waals surface area contributed by atoms with E-state index < -0.39 is 18.1 Å². The number of amides is 1. The van der Waals surface area contributed by atoms with Gasteiger partial charge >= 0.3 is 6.18 Å². The maximum Gasteiger partial charge on any atom is 0.412 e. The summed E-state index contributed by atoms with van der Waals surface area (Å²) >= 11 is 0. The van der Waals surface area contributed by atoms with Crippen molar-refractivity contribution in [2.75, 3.05) is 14.2 Å². The summed E-state index contributed by atoms with van der Waals surface area (Å²) in [5, 5.41) is 2.05. The van der Waals surface area contributed by atoms with Crippen LogP contribution in [0.25, 0.3) is 0 Å². The van der Waals surface area contributed by atoms with Crippen LogP contribution in [0.3, 0.4) is 0 Å². The van der Waals surface area contributed by atoms with E-state index in [1.807, 2.05) is 0 Å². The van der Waals surface area contributed by atoms with E-state index in [1.165, 1.54) is 38.5 Å². The van der Waals surface area contributed by atoms with Crippen LogP contribution < -0.4 is 14.8 Å². The number of rotatable bonds is 6. The second kappa shape index (κ2) is 7.92. The van der Waals surface area contributed by atoms with Crippen molar-refractivity contribution in [3.63, 3.8) is 0 Å². The average Bonchev–Trinajstić information content (AvgIpc) is 2.59. The topological polar surface area (TPSA) is 47.6 Å². The van der Waals surface area contributed by atoms with Crippen molar-refractivity contribution in [2.45, 2.75) is 18.6 Å². The third-order valence-corrected chi connectivity index (χ3v) is 3.60. The number of halogens is 3. The van der Waals surface area contributed by atoms with Crippen LogP contribution in [-0.2, 0) is 11.2 Å². The molecule has 0 saturated carbocycles. The fraction of sp³-hybridized carbons (Fsp3) is 0.278. The molecule has 1 atom stereocenters. The van der Waals surface area contributed by atoms with Gasteiger partial charge in [0.05, 0.1) is 20.6 Å². The van der Waals surface area contributed by atoms with Gasteiger partial charge in [0.15, 0.2) is 6.04 Å². The van der Waals surface area contributed by atoms with E-state index >= 15 is 0 Å². The monoisotopic (exact) mass is 353 g/mol. The van der Waals surface area contributed by atoms with Crippen LogP contribution in [0.4, 0.5) is 13.2 Å². The van der Waals surface area contributed by atoms with Crippen LogP contribution in [0.1, 0.15) is 17.2 Å². The predicted molar refractivity (Wildman–Crippen MR) is 86.6 cm³/mol. The Morgan fingerprint density at radius 3 is 2.32 bits per heavy atom. The molecule has 1 amide bonds. The fourth-order valence-corrected chi connectivity index (χ4v) is 2.40. The van der Waals surface area contributed by atoms with Crippen LogP contribution in [-0.4, -0.2) is 26.3 Å². The summed E-state index contributed by atoms with van der Waals surface area (Å²) in [7, 11) is 2.88. The molecule has 2 aromatic carbocycles. The largest absolute Gasteiger partial charge is 0.497 e. The van der Waals surface area contributed by atoms with Crippen LogP contribution in [0, 0.1) is 0 Å². The first kappa shape index (κ1) is 18.6. The van der Waals surface area contributed by atoms with Gasteiger partial charge in [-0.25, -0.2) is 0 Å². The van der Waals surface area contributed by atoms with Crippen molar-refractivity contribution in [3.05, 3.63) is 59.7 Å². The normalized spacial score (nSPS) is 12.4. The molecule has 2 aromatic rings. The summed E-state index contributed by atoms with van der Waals surface area (Å²) in [4.78, 5) is 12.2. The minimum absolute atomic E-state index is 0.0269. The second-order valence-corrected chi connectivity index (χ2v) is 5.31. The van der Waals surface area contributed by atoms with Crippen molar-refractivity contribution >= 4 is 5.91 Å². The Bertz CT molecular complexity index is 717. The molecule has 0 heterocycles. The first-order valence-corrected chi connectivity index (χ1v) is 7.47. The fourth-order valence-electron chi connectivity index (χ4n) is 2.40. The zero-order chi connectivity index (χ0) is 18.4. The number of alkyl halides is 3. The number of carbonyl (C=O) groups excluding carboxylic acids is 1. The minimum atomic E-state index is -4.60. The van der Waals surface area contributed by atoms with Gasteiger partial charge in [-0.1, -0.05) is 30.3 Å². The molecule has 2 rings (SSSR count). The quantitative estimate of drug-likeness (QED) is 0.862. The van der Waals surface area contributed by atoms with E-state index in [-0.39, 0.29) is 12.0 Å². The number of hydrogen-bond acceptors (Lipinski definition) is 3. The third kappa shape index (κ3) is 4.89. The molecule has 1 unspecified atom stereocenters. The smallest absolute Gasteiger partial charge is 0.412 e. The molecular weight excluding hydrogens is 335 g/mol. The van der Waals surface area contributed by atoms with E-state index in [4.69, 9.17) is 9.47 Å². The van der Waals surface area contributed by atoms with E-state index in [9.17, 15) is 18.0 Å². The summed E-state index contributed by atoms with van der Waals surface area (Å²) in [6, 6.07) is 9.97. The van der Waals surface area contributed by atoms with Gasteiger partial charge in [-0.2, -0.15) is 13.2 Å². The first-order chi connectivity index (χ1) is 11.8. The average molecular weight is 353 g/mol. The molecule has 0 aromatic heterocycles. The van der Waals surface area contributed by atoms with Crippen molar-refractivity contribution in [2.24, 2.45) is 0 Å². The minimum Gasteiger partial charge on any atom is -0.497 e. The van der Waals surface area contributed by atoms with Gasteiger partial charge in [-0.3, -0.25) is 4.79 Å². The lowest BCUT2D eigenvalue weighted by Crippen LogP contribution is -2.38. The lowest BCUT2D eigenvalue weighted by Gasteiger charge is -2.22. The molecule has 0 fully saturated rings. The van der Waals surface area contributed by atoms with Gasteiger partial charge in [0.25, 0.3) is 0 Å². The molecule has 0 spiro atoms. The van der Waals surface area contributed by atoms with Gasteiger partial charge in [0.2, 0.25) is 5.91 Å². The standard InChI is InChI=1S/C18H18F3NO3/c1-24-14-8-9-15(25-2)13(10-14)11-16(23)22-17(18(19,20)21)12-6-4-3-5-7-12/h3-10,17H,11H2,1-2H3,(H,22,23). The Hall–Kier alpha value is -2.70. The molecule has 25 heavy (non-hydrogen) atoms. The van der Waals surface area contributed by atoms with E-state index in [0.29, 0.717) is 17.1 Å². The van der Waals surface area contributed by atoms with Gasteiger partial charge in [-0.15, -0.1) is 0 Å². The maximum atomic E-state index is 13.3. The molecule has 1 N–H and O–H groups in total. The van der Waals surface area contributed by atoms with E-state index in [2.05, 4.69) is 5.32 Å². The predicted octanol–water partition coefficient (Wildman–Crippen LogP) is 3.67. The third-order valence-electron chi connectivity index (χ3n) is 3.60. The molecule has 0 saturated heterocycles. The Balaban J connectivity index is 2.20. The number of benzene rings is 2. The highest BCUT2D eigenvalue weighted by Gasteiger charge is 2.41. The first-order valence-electron chi connectivity index (χ1n) is 7.47.